The molecular weight excluding hydrogens is 219 g/mol. The second-order valence-electron chi connectivity index (χ2n) is 3.50. The fourth-order valence-electron chi connectivity index (χ4n) is 1.33. The highest BCUT2D eigenvalue weighted by molar-refractivity contribution is 6.19. The molecule has 0 aliphatic carbocycles. The number of ether oxygens (including phenoxy) is 1. The number of carbonyl (C=O) groups is 1. The third-order valence-electron chi connectivity index (χ3n) is 2.11. The summed E-state index contributed by atoms with van der Waals surface area (Å²) in [4.78, 5) is 10.9. The van der Waals surface area contributed by atoms with Gasteiger partial charge in [0, 0.05) is 6.42 Å². The van der Waals surface area contributed by atoms with Gasteiger partial charge in [-0.2, -0.15) is 0 Å². The van der Waals surface area contributed by atoms with E-state index < -0.39 is 5.63 Å². The number of carbonyl (C=O) groups excluding carboxylic acids is 1. The molecule has 0 spiro atoms. The fourth-order valence-corrected chi connectivity index (χ4v) is 1.49. The first kappa shape index (κ1) is 14.7. The summed E-state index contributed by atoms with van der Waals surface area (Å²) in [5, 5.41) is 0. The molecule has 90 valence electrons. The molecule has 0 saturated heterocycles. The van der Waals surface area contributed by atoms with E-state index >= 15 is 0 Å². The molecule has 0 radical (unpaired) electrons. The van der Waals surface area contributed by atoms with Crippen LogP contribution in [0.25, 0.3) is 0 Å². The maximum absolute atomic E-state index is 12.2. The van der Waals surface area contributed by atoms with E-state index in [1.807, 2.05) is 0 Å². The lowest BCUT2D eigenvalue weighted by molar-refractivity contribution is -0.143. The standard InChI is InChI=1S/C11H20ClFO2/c1-2-15-11(14)9-7-5-3-4-6-8-10(12)13/h10H,2-9H2,1H3/t10-/m1/s1. The molecular formula is C11H20ClFO2. The Morgan fingerprint density at radius 3 is 2.47 bits per heavy atom. The third kappa shape index (κ3) is 11.6. The van der Waals surface area contributed by atoms with Gasteiger partial charge in [-0.05, 0) is 26.2 Å². The first-order valence-corrected chi connectivity index (χ1v) is 6.04. The average molecular weight is 239 g/mol. The summed E-state index contributed by atoms with van der Waals surface area (Å²) >= 11 is 5.17. The van der Waals surface area contributed by atoms with Crippen LogP contribution in [-0.4, -0.2) is 18.2 Å². The zero-order chi connectivity index (χ0) is 11.5. The van der Waals surface area contributed by atoms with E-state index in [0.717, 1.165) is 32.1 Å². The maximum atomic E-state index is 12.2. The van der Waals surface area contributed by atoms with Gasteiger partial charge in [0.15, 0.2) is 5.63 Å². The number of rotatable bonds is 9. The Morgan fingerprint density at radius 1 is 1.27 bits per heavy atom. The van der Waals surface area contributed by atoms with Crippen LogP contribution in [-0.2, 0) is 9.53 Å². The molecule has 0 bridgehead atoms. The normalized spacial score (nSPS) is 12.5. The minimum Gasteiger partial charge on any atom is -0.466 e. The Kier molecular flexibility index (Phi) is 10.0. The van der Waals surface area contributed by atoms with Crippen molar-refractivity contribution in [2.75, 3.05) is 6.61 Å². The molecule has 4 heteroatoms. The number of hydrogen-bond acceptors (Lipinski definition) is 2. The molecule has 0 saturated carbocycles. The van der Waals surface area contributed by atoms with Crippen LogP contribution in [0.15, 0.2) is 0 Å². The number of alkyl halides is 2. The molecule has 15 heavy (non-hydrogen) atoms. The predicted octanol–water partition coefficient (Wildman–Crippen LogP) is 3.81. The Morgan fingerprint density at radius 2 is 1.87 bits per heavy atom. The summed E-state index contributed by atoms with van der Waals surface area (Å²) < 4.78 is 17.0. The molecule has 0 aromatic rings. The zero-order valence-corrected chi connectivity index (χ0v) is 10.1. The lowest BCUT2D eigenvalue weighted by Gasteiger charge is -2.02. The minimum absolute atomic E-state index is 0.123. The lowest BCUT2D eigenvalue weighted by Crippen LogP contribution is -2.03. The second kappa shape index (κ2) is 10.2. The average Bonchev–Trinajstić information content (AvgIpc) is 2.16. The van der Waals surface area contributed by atoms with Crippen molar-refractivity contribution in [1.82, 2.24) is 0 Å². The second-order valence-corrected chi connectivity index (χ2v) is 3.98. The lowest BCUT2D eigenvalue weighted by atomic mass is 10.1. The van der Waals surface area contributed by atoms with Gasteiger partial charge in [-0.15, -0.1) is 0 Å². The van der Waals surface area contributed by atoms with Gasteiger partial charge in [-0.25, -0.2) is 4.39 Å². The maximum Gasteiger partial charge on any atom is 0.305 e. The largest absolute Gasteiger partial charge is 0.466 e. The van der Waals surface area contributed by atoms with Crippen molar-refractivity contribution in [3.05, 3.63) is 0 Å². The monoisotopic (exact) mass is 238 g/mol. The highest BCUT2D eigenvalue weighted by Crippen LogP contribution is 2.12. The molecule has 0 heterocycles. The van der Waals surface area contributed by atoms with E-state index in [2.05, 4.69) is 0 Å². The van der Waals surface area contributed by atoms with Gasteiger partial charge in [0.1, 0.15) is 0 Å². The van der Waals surface area contributed by atoms with Crippen LogP contribution >= 0.6 is 11.6 Å². The van der Waals surface area contributed by atoms with Crippen LogP contribution in [0.1, 0.15) is 51.9 Å². The van der Waals surface area contributed by atoms with Crippen LogP contribution in [0.5, 0.6) is 0 Å². The Balaban J connectivity index is 3.08. The molecule has 0 N–H and O–H groups in total. The highest BCUT2D eigenvalue weighted by atomic mass is 35.5. The summed E-state index contributed by atoms with van der Waals surface area (Å²) in [6.45, 7) is 2.25. The number of unbranched alkanes of at least 4 members (excludes halogenated alkanes) is 4. The smallest absolute Gasteiger partial charge is 0.305 e. The van der Waals surface area contributed by atoms with Crippen LogP contribution in [0.2, 0.25) is 0 Å². The first-order valence-electron chi connectivity index (χ1n) is 5.60. The number of halogens is 2. The fraction of sp³-hybridized carbons (Fsp3) is 0.909. The quantitative estimate of drug-likeness (QED) is 0.347. The van der Waals surface area contributed by atoms with E-state index in [0.29, 0.717) is 19.4 Å². The van der Waals surface area contributed by atoms with Gasteiger partial charge < -0.3 is 4.74 Å². The molecule has 0 aromatic heterocycles. The molecule has 2 nitrogen and oxygen atoms in total. The number of hydrogen-bond donors (Lipinski definition) is 0. The van der Waals surface area contributed by atoms with Gasteiger partial charge >= 0.3 is 5.97 Å². The third-order valence-corrected chi connectivity index (χ3v) is 2.33. The van der Waals surface area contributed by atoms with E-state index in [4.69, 9.17) is 16.3 Å². The summed E-state index contributed by atoms with van der Waals surface area (Å²) in [7, 11) is 0. The molecule has 0 aliphatic heterocycles. The first-order chi connectivity index (χ1) is 7.16. The van der Waals surface area contributed by atoms with E-state index in [1.165, 1.54) is 0 Å². The van der Waals surface area contributed by atoms with E-state index in [-0.39, 0.29) is 5.97 Å². The van der Waals surface area contributed by atoms with Gasteiger partial charge in [-0.3, -0.25) is 4.79 Å². The summed E-state index contributed by atoms with van der Waals surface area (Å²) in [5.74, 6) is -0.123. The van der Waals surface area contributed by atoms with Crippen molar-refractivity contribution < 1.29 is 13.9 Å². The van der Waals surface area contributed by atoms with Gasteiger partial charge in [-0.1, -0.05) is 30.9 Å². The number of esters is 1. The van der Waals surface area contributed by atoms with Crippen molar-refractivity contribution in [3.8, 4) is 0 Å². The predicted molar refractivity (Wildman–Crippen MR) is 59.7 cm³/mol. The van der Waals surface area contributed by atoms with Crippen molar-refractivity contribution in [3.63, 3.8) is 0 Å². The van der Waals surface area contributed by atoms with Crippen molar-refractivity contribution in [2.45, 2.75) is 57.5 Å². The van der Waals surface area contributed by atoms with Crippen LogP contribution in [0.3, 0.4) is 0 Å². The SMILES string of the molecule is CCOC(=O)CCCCCCC[C@@H](F)Cl. The minimum atomic E-state index is -1.20. The van der Waals surface area contributed by atoms with E-state index in [9.17, 15) is 9.18 Å². The van der Waals surface area contributed by atoms with Crippen LogP contribution < -0.4 is 0 Å². The van der Waals surface area contributed by atoms with Crippen LogP contribution in [0.4, 0.5) is 4.39 Å². The molecule has 0 fully saturated rings. The van der Waals surface area contributed by atoms with Crippen molar-refractivity contribution >= 4 is 17.6 Å². The summed E-state index contributed by atoms with van der Waals surface area (Å²) in [5.41, 5.74) is -1.20. The Hall–Kier alpha value is -0.310. The van der Waals surface area contributed by atoms with Gasteiger partial charge in [0.05, 0.1) is 6.61 Å². The summed E-state index contributed by atoms with van der Waals surface area (Å²) in [6, 6.07) is 0. The Labute approximate surface area is 96.1 Å². The van der Waals surface area contributed by atoms with Gasteiger partial charge in [0.25, 0.3) is 0 Å². The Bertz CT molecular complexity index is 163. The summed E-state index contributed by atoms with van der Waals surface area (Å²) in [6.07, 6.45) is 5.62. The molecule has 0 aromatic carbocycles. The molecule has 0 unspecified atom stereocenters. The van der Waals surface area contributed by atoms with Gasteiger partial charge in [0.2, 0.25) is 0 Å². The molecule has 0 aliphatic rings. The topological polar surface area (TPSA) is 26.3 Å². The van der Waals surface area contributed by atoms with Crippen molar-refractivity contribution in [2.24, 2.45) is 0 Å². The molecule has 0 amide bonds. The molecule has 1 atom stereocenters. The van der Waals surface area contributed by atoms with Crippen molar-refractivity contribution in [1.29, 1.82) is 0 Å². The zero-order valence-electron chi connectivity index (χ0n) is 9.31. The highest BCUT2D eigenvalue weighted by Gasteiger charge is 2.02. The molecule has 0 rings (SSSR count). The van der Waals surface area contributed by atoms with Crippen LogP contribution in [0, 0.1) is 0 Å². The van der Waals surface area contributed by atoms with E-state index in [1.54, 1.807) is 6.92 Å².